The highest BCUT2D eigenvalue weighted by molar-refractivity contribution is 5.74. The van der Waals surface area contributed by atoms with Crippen molar-refractivity contribution >= 4 is 6.03 Å². The first-order chi connectivity index (χ1) is 11.6. The number of hydrogen-bond acceptors (Lipinski definition) is 4. The summed E-state index contributed by atoms with van der Waals surface area (Å²) in [6.45, 7) is 5.50. The number of nitrogens with one attached hydrogen (secondary N) is 2. The van der Waals surface area contributed by atoms with Gasteiger partial charge in [0, 0.05) is 18.6 Å². The summed E-state index contributed by atoms with van der Waals surface area (Å²) in [5.74, 6) is 0.396. The number of amides is 2. The average molecular weight is 329 g/mol. The topological polar surface area (TPSA) is 81.1 Å². The standard InChI is InChI=1S/C17H23N5O2/c1-12(19-17(23)20-13(2)15-7-10-24-11-15)14-3-5-16(6-4-14)22-9-8-18-21-22/h3-6,8-9,12-13,15H,7,10-11H2,1-2H3,(H2,19,20,23)/t12-,13-,15-/m0/s1. The number of carbonyl (C=O) groups excluding carboxylic acids is 1. The van der Waals surface area contributed by atoms with Crippen LogP contribution in [-0.4, -0.2) is 40.3 Å². The van der Waals surface area contributed by atoms with Gasteiger partial charge in [0.15, 0.2) is 0 Å². The van der Waals surface area contributed by atoms with Gasteiger partial charge < -0.3 is 15.4 Å². The Morgan fingerprint density at radius 1 is 1.29 bits per heavy atom. The Morgan fingerprint density at radius 3 is 2.71 bits per heavy atom. The van der Waals surface area contributed by atoms with E-state index in [4.69, 9.17) is 4.74 Å². The lowest BCUT2D eigenvalue weighted by atomic mass is 10.0. The molecule has 2 amide bonds. The van der Waals surface area contributed by atoms with Crippen molar-refractivity contribution in [2.24, 2.45) is 5.92 Å². The molecular formula is C17H23N5O2. The van der Waals surface area contributed by atoms with Gasteiger partial charge in [0.1, 0.15) is 0 Å². The Bertz CT molecular complexity index is 650. The Kier molecular flexibility index (Phi) is 5.10. The van der Waals surface area contributed by atoms with Crippen LogP contribution < -0.4 is 10.6 Å². The molecule has 2 N–H and O–H groups in total. The fourth-order valence-corrected chi connectivity index (χ4v) is 2.86. The highest BCUT2D eigenvalue weighted by Crippen LogP contribution is 2.17. The fourth-order valence-electron chi connectivity index (χ4n) is 2.86. The number of urea groups is 1. The van der Waals surface area contributed by atoms with E-state index in [-0.39, 0.29) is 18.1 Å². The summed E-state index contributed by atoms with van der Waals surface area (Å²) < 4.78 is 7.06. The average Bonchev–Trinajstić information content (AvgIpc) is 3.28. The molecule has 0 bridgehead atoms. The number of benzene rings is 1. The van der Waals surface area contributed by atoms with Crippen LogP contribution in [0.25, 0.3) is 5.69 Å². The second-order valence-corrected chi connectivity index (χ2v) is 6.19. The number of ether oxygens (including phenoxy) is 1. The third-order valence-corrected chi connectivity index (χ3v) is 4.46. The Balaban J connectivity index is 1.54. The molecule has 0 radical (unpaired) electrons. The van der Waals surface area contributed by atoms with E-state index in [0.29, 0.717) is 5.92 Å². The van der Waals surface area contributed by atoms with E-state index in [2.05, 4.69) is 20.9 Å². The van der Waals surface area contributed by atoms with Crippen molar-refractivity contribution < 1.29 is 9.53 Å². The maximum atomic E-state index is 12.2. The zero-order chi connectivity index (χ0) is 16.9. The molecule has 0 saturated carbocycles. The second kappa shape index (κ2) is 7.44. The molecule has 0 spiro atoms. The SMILES string of the molecule is C[C@H](NC(=O)N[C@@H](C)[C@H]1CCOC1)c1ccc(-n2ccnn2)cc1. The molecule has 1 saturated heterocycles. The zero-order valence-corrected chi connectivity index (χ0v) is 14.0. The van der Waals surface area contributed by atoms with Crippen LogP contribution in [0.2, 0.25) is 0 Å². The van der Waals surface area contributed by atoms with Crippen LogP contribution in [0.4, 0.5) is 4.79 Å². The summed E-state index contributed by atoms with van der Waals surface area (Å²) in [6.07, 6.45) is 4.43. The highest BCUT2D eigenvalue weighted by atomic mass is 16.5. The zero-order valence-electron chi connectivity index (χ0n) is 14.0. The summed E-state index contributed by atoms with van der Waals surface area (Å²) in [6, 6.07) is 7.75. The van der Waals surface area contributed by atoms with Crippen molar-refractivity contribution in [3.8, 4) is 5.69 Å². The van der Waals surface area contributed by atoms with Gasteiger partial charge >= 0.3 is 6.03 Å². The van der Waals surface area contributed by atoms with Gasteiger partial charge in [0.2, 0.25) is 0 Å². The third kappa shape index (κ3) is 3.91. The predicted octanol–water partition coefficient (Wildman–Crippen LogP) is 2.05. The van der Waals surface area contributed by atoms with Gasteiger partial charge in [0.05, 0.1) is 30.7 Å². The summed E-state index contributed by atoms with van der Waals surface area (Å²) in [4.78, 5) is 12.2. The first-order valence-electron chi connectivity index (χ1n) is 8.25. The molecule has 0 unspecified atom stereocenters. The van der Waals surface area contributed by atoms with Crippen molar-refractivity contribution in [1.82, 2.24) is 25.6 Å². The van der Waals surface area contributed by atoms with Crippen LogP contribution in [0.15, 0.2) is 36.7 Å². The Hall–Kier alpha value is -2.41. The van der Waals surface area contributed by atoms with Crippen molar-refractivity contribution in [2.75, 3.05) is 13.2 Å². The van der Waals surface area contributed by atoms with Crippen LogP contribution in [0.3, 0.4) is 0 Å². The van der Waals surface area contributed by atoms with E-state index in [0.717, 1.165) is 30.9 Å². The molecule has 3 atom stereocenters. The summed E-state index contributed by atoms with van der Waals surface area (Å²) >= 11 is 0. The normalized spacial score (nSPS) is 19.7. The van der Waals surface area contributed by atoms with Gasteiger partial charge in [-0.2, -0.15) is 0 Å². The van der Waals surface area contributed by atoms with Crippen LogP contribution in [0.1, 0.15) is 31.9 Å². The van der Waals surface area contributed by atoms with Crippen LogP contribution in [0, 0.1) is 5.92 Å². The molecule has 1 aliphatic rings. The molecule has 2 aromatic rings. The van der Waals surface area contributed by atoms with Gasteiger partial charge in [0.25, 0.3) is 0 Å². The number of rotatable bonds is 5. The molecule has 7 heteroatoms. The van der Waals surface area contributed by atoms with Crippen molar-refractivity contribution in [2.45, 2.75) is 32.4 Å². The van der Waals surface area contributed by atoms with E-state index < -0.39 is 0 Å². The quantitative estimate of drug-likeness (QED) is 0.880. The minimum absolute atomic E-state index is 0.0816. The van der Waals surface area contributed by atoms with Gasteiger partial charge in [-0.05, 0) is 38.0 Å². The van der Waals surface area contributed by atoms with Gasteiger partial charge in [-0.25, -0.2) is 9.48 Å². The Morgan fingerprint density at radius 2 is 2.08 bits per heavy atom. The fraction of sp³-hybridized carbons (Fsp3) is 0.471. The molecule has 1 fully saturated rings. The van der Waals surface area contributed by atoms with Gasteiger partial charge in [-0.1, -0.05) is 17.3 Å². The molecule has 3 rings (SSSR count). The number of hydrogen-bond donors (Lipinski definition) is 2. The van der Waals surface area contributed by atoms with E-state index in [1.165, 1.54) is 0 Å². The molecule has 0 aliphatic carbocycles. The maximum absolute atomic E-state index is 12.2. The van der Waals surface area contributed by atoms with E-state index in [1.54, 1.807) is 17.1 Å². The lowest BCUT2D eigenvalue weighted by Crippen LogP contribution is -2.44. The molecule has 24 heavy (non-hydrogen) atoms. The molecule has 2 heterocycles. The van der Waals surface area contributed by atoms with E-state index in [9.17, 15) is 4.79 Å². The molecule has 1 aromatic carbocycles. The van der Waals surface area contributed by atoms with Gasteiger partial charge in [-0.3, -0.25) is 0 Å². The number of aromatic nitrogens is 3. The third-order valence-electron chi connectivity index (χ3n) is 4.46. The lowest BCUT2D eigenvalue weighted by Gasteiger charge is -2.21. The summed E-state index contributed by atoms with van der Waals surface area (Å²) in [7, 11) is 0. The van der Waals surface area contributed by atoms with E-state index >= 15 is 0 Å². The summed E-state index contributed by atoms with van der Waals surface area (Å²) in [5.41, 5.74) is 1.97. The first-order valence-corrected chi connectivity index (χ1v) is 8.25. The van der Waals surface area contributed by atoms with Crippen LogP contribution >= 0.6 is 0 Å². The smallest absolute Gasteiger partial charge is 0.315 e. The number of carbonyl (C=O) groups is 1. The van der Waals surface area contributed by atoms with Crippen LogP contribution in [0.5, 0.6) is 0 Å². The first kappa shape index (κ1) is 16.4. The van der Waals surface area contributed by atoms with Crippen molar-refractivity contribution in [3.63, 3.8) is 0 Å². The lowest BCUT2D eigenvalue weighted by molar-refractivity contribution is 0.177. The Labute approximate surface area is 141 Å². The molecular weight excluding hydrogens is 306 g/mol. The second-order valence-electron chi connectivity index (χ2n) is 6.19. The molecule has 128 valence electrons. The maximum Gasteiger partial charge on any atom is 0.315 e. The summed E-state index contributed by atoms with van der Waals surface area (Å²) in [5, 5.41) is 13.7. The minimum Gasteiger partial charge on any atom is -0.381 e. The number of nitrogens with zero attached hydrogens (tertiary/aromatic N) is 3. The van der Waals surface area contributed by atoms with Crippen molar-refractivity contribution in [1.29, 1.82) is 0 Å². The highest BCUT2D eigenvalue weighted by Gasteiger charge is 2.23. The molecule has 1 aromatic heterocycles. The molecule has 1 aliphatic heterocycles. The van der Waals surface area contributed by atoms with Crippen molar-refractivity contribution in [3.05, 3.63) is 42.2 Å². The molecule has 7 nitrogen and oxygen atoms in total. The van der Waals surface area contributed by atoms with Crippen LogP contribution in [-0.2, 0) is 4.74 Å². The monoisotopic (exact) mass is 329 g/mol. The van der Waals surface area contributed by atoms with Gasteiger partial charge in [-0.15, -0.1) is 5.10 Å². The largest absolute Gasteiger partial charge is 0.381 e. The minimum atomic E-state index is -0.151. The predicted molar refractivity (Wildman–Crippen MR) is 89.8 cm³/mol. The van der Waals surface area contributed by atoms with E-state index in [1.807, 2.05) is 38.1 Å².